The van der Waals surface area contributed by atoms with Crippen molar-refractivity contribution in [2.75, 3.05) is 6.54 Å². The van der Waals surface area contributed by atoms with E-state index in [1.807, 2.05) is 0 Å². The van der Waals surface area contributed by atoms with Crippen LogP contribution in [0.1, 0.15) is 57.8 Å². The van der Waals surface area contributed by atoms with Gasteiger partial charge in [-0.1, -0.05) is 44.9 Å². The highest BCUT2D eigenvalue weighted by Gasteiger charge is 2.14. The van der Waals surface area contributed by atoms with E-state index in [2.05, 4.69) is 27.4 Å². The summed E-state index contributed by atoms with van der Waals surface area (Å²) >= 11 is 4.54. The smallest absolute Gasteiger partial charge is 0.328 e. The fourth-order valence-corrected chi connectivity index (χ4v) is 3.43. The summed E-state index contributed by atoms with van der Waals surface area (Å²) in [5.74, 6) is 0. The van der Waals surface area contributed by atoms with Crippen LogP contribution in [0.15, 0.2) is 20.9 Å². The summed E-state index contributed by atoms with van der Waals surface area (Å²) in [6.45, 7) is 1.26. The lowest BCUT2D eigenvalue weighted by molar-refractivity contribution is 0.516. The monoisotopic (exact) mass is 391 g/mol. The fraction of sp³-hybridized carbons (Fsp3) is 0.684. The van der Waals surface area contributed by atoms with Crippen LogP contribution in [0.2, 0.25) is 0 Å². The van der Waals surface area contributed by atoms with E-state index in [1.54, 1.807) is 25.0 Å². The predicted molar refractivity (Wildman–Crippen MR) is 112 cm³/mol. The molecule has 0 fully saturated rings. The normalized spacial score (nSPS) is 11.0. The molecule has 0 amide bonds. The van der Waals surface area contributed by atoms with Crippen LogP contribution in [0.25, 0.3) is 11.2 Å². The minimum Gasteiger partial charge on any atom is -0.328 e. The zero-order valence-electron chi connectivity index (χ0n) is 16.3. The first-order chi connectivity index (χ1) is 13.1. The van der Waals surface area contributed by atoms with Gasteiger partial charge in [0.15, 0.2) is 11.2 Å². The quantitative estimate of drug-likeness (QED) is 0.317. The highest BCUT2D eigenvalue weighted by Crippen LogP contribution is 2.10. The number of aryl methyl sites for hydroxylation is 2. The van der Waals surface area contributed by atoms with Crippen LogP contribution in [-0.4, -0.2) is 30.4 Å². The lowest BCUT2D eigenvalue weighted by Crippen LogP contribution is -2.39. The van der Waals surface area contributed by atoms with Crippen molar-refractivity contribution in [3.05, 3.63) is 27.2 Å². The summed E-state index contributed by atoms with van der Waals surface area (Å²) in [5.41, 5.74) is 0.390. The van der Waals surface area contributed by atoms with E-state index in [1.165, 1.54) is 41.2 Å². The van der Waals surface area contributed by atoms with Crippen LogP contribution in [0.4, 0.5) is 0 Å². The van der Waals surface area contributed by atoms with Gasteiger partial charge in [-0.2, -0.15) is 0 Å². The molecule has 0 unspecified atom stereocenters. The molecule has 148 valence electrons. The first kappa shape index (κ1) is 21.3. The molecule has 0 atom stereocenters. The minimum absolute atomic E-state index is 0.244. The van der Waals surface area contributed by atoms with Gasteiger partial charge in [0.05, 0.1) is 11.5 Å². The van der Waals surface area contributed by atoms with Gasteiger partial charge in [0.1, 0.15) is 0 Å². The van der Waals surface area contributed by atoms with Crippen LogP contribution in [0, 0.1) is 0 Å². The van der Waals surface area contributed by atoms with Gasteiger partial charge in [-0.25, -0.2) is 14.8 Å². The Balaban J connectivity index is 1.71. The maximum absolute atomic E-state index is 12.6. The molecular formula is C19H29N5O2S. The van der Waals surface area contributed by atoms with Gasteiger partial charge in [-0.15, -0.1) is 0 Å². The summed E-state index contributed by atoms with van der Waals surface area (Å²) in [4.78, 5) is 33.1. The molecule has 27 heavy (non-hydrogen) atoms. The highest BCUT2D eigenvalue weighted by atomic mass is 32.1. The lowest BCUT2D eigenvalue weighted by Gasteiger charge is -2.08. The molecule has 0 radical (unpaired) electrons. The zero-order chi connectivity index (χ0) is 19.6. The second-order valence-corrected chi connectivity index (χ2v) is 7.16. The van der Waals surface area contributed by atoms with Crippen LogP contribution in [-0.2, 0) is 20.6 Å². The van der Waals surface area contributed by atoms with E-state index in [0.717, 1.165) is 32.2 Å². The first-order valence-electron chi connectivity index (χ1n) is 9.72. The van der Waals surface area contributed by atoms with Gasteiger partial charge in [0, 0.05) is 27.2 Å². The number of rotatable bonds is 12. The van der Waals surface area contributed by atoms with Gasteiger partial charge in [-0.05, 0) is 25.1 Å². The van der Waals surface area contributed by atoms with E-state index in [-0.39, 0.29) is 11.2 Å². The average Bonchev–Trinajstić information content (AvgIpc) is 3.05. The standard InChI is InChI=1S/C19H29N5O2S/c1-22-14-21-17-16(22)18(25)24(19(26)23(17)2)13-11-9-7-5-3-4-6-8-10-12-20-15-27/h14H,3-13H2,1-2H3. The number of aliphatic imine (C=N–C) groups is 1. The number of unbranched alkanes of at least 4 members (excludes halogenated alkanes) is 8. The number of aromatic nitrogens is 4. The second kappa shape index (κ2) is 10.9. The van der Waals surface area contributed by atoms with Crippen molar-refractivity contribution in [2.24, 2.45) is 19.1 Å². The molecule has 0 bridgehead atoms. The molecular weight excluding hydrogens is 362 g/mol. The van der Waals surface area contributed by atoms with Gasteiger partial charge in [-0.3, -0.25) is 13.9 Å². The Hall–Kier alpha value is -2.05. The van der Waals surface area contributed by atoms with Gasteiger partial charge in [0.2, 0.25) is 0 Å². The molecule has 0 saturated heterocycles. The Morgan fingerprint density at radius 2 is 1.59 bits per heavy atom. The molecule has 2 aromatic rings. The molecule has 0 N–H and O–H groups in total. The minimum atomic E-state index is -0.288. The molecule has 0 aliphatic carbocycles. The van der Waals surface area contributed by atoms with Crippen molar-refractivity contribution >= 4 is 28.5 Å². The highest BCUT2D eigenvalue weighted by molar-refractivity contribution is 7.78. The number of imidazole rings is 1. The molecule has 0 spiro atoms. The largest absolute Gasteiger partial charge is 0.332 e. The summed E-state index contributed by atoms with van der Waals surface area (Å²) in [7, 11) is 3.44. The summed E-state index contributed by atoms with van der Waals surface area (Å²) in [5, 5.41) is 2.39. The summed E-state index contributed by atoms with van der Waals surface area (Å²) in [6, 6.07) is 0. The summed E-state index contributed by atoms with van der Waals surface area (Å²) < 4.78 is 4.47. The third-order valence-electron chi connectivity index (χ3n) is 4.92. The molecule has 8 heteroatoms. The Morgan fingerprint density at radius 3 is 2.22 bits per heavy atom. The zero-order valence-corrected chi connectivity index (χ0v) is 17.1. The molecule has 2 rings (SSSR count). The maximum Gasteiger partial charge on any atom is 0.332 e. The van der Waals surface area contributed by atoms with Crippen LogP contribution in [0.3, 0.4) is 0 Å². The third kappa shape index (κ3) is 5.71. The Morgan fingerprint density at radius 1 is 1.00 bits per heavy atom. The topological polar surface area (TPSA) is 74.2 Å². The van der Waals surface area contributed by atoms with Crippen molar-refractivity contribution in [2.45, 2.75) is 64.3 Å². The van der Waals surface area contributed by atoms with Gasteiger partial charge >= 0.3 is 5.69 Å². The van der Waals surface area contributed by atoms with Crippen molar-refractivity contribution < 1.29 is 0 Å². The van der Waals surface area contributed by atoms with Crippen molar-refractivity contribution in [1.82, 2.24) is 18.7 Å². The van der Waals surface area contributed by atoms with Gasteiger partial charge in [0.25, 0.3) is 5.56 Å². The lowest BCUT2D eigenvalue weighted by atomic mass is 10.1. The predicted octanol–water partition coefficient (Wildman–Crippen LogP) is 3.05. The first-order valence-corrected chi connectivity index (χ1v) is 10.1. The molecule has 2 heterocycles. The number of thiocarbonyl (C=S) groups is 1. The Bertz CT molecular complexity index is 905. The number of hydrogen-bond acceptors (Lipinski definition) is 5. The number of nitrogens with zero attached hydrogens (tertiary/aromatic N) is 5. The maximum atomic E-state index is 12.6. The molecule has 0 saturated carbocycles. The SMILES string of the molecule is Cn1cnc2c1c(=O)n(CCCCCCCCCCCN=C=S)c(=O)n2C. The number of fused-ring (bicyclic) bond motifs is 1. The van der Waals surface area contributed by atoms with E-state index in [9.17, 15) is 9.59 Å². The molecule has 0 aromatic carbocycles. The third-order valence-corrected chi connectivity index (χ3v) is 5.05. The number of hydrogen-bond donors (Lipinski definition) is 0. The van der Waals surface area contributed by atoms with Crippen LogP contribution >= 0.6 is 12.2 Å². The van der Waals surface area contributed by atoms with E-state index < -0.39 is 0 Å². The average molecular weight is 392 g/mol. The molecule has 7 nitrogen and oxygen atoms in total. The van der Waals surface area contributed by atoms with Crippen LogP contribution in [0.5, 0.6) is 0 Å². The molecule has 2 aromatic heterocycles. The van der Waals surface area contributed by atoms with Gasteiger partial charge < -0.3 is 4.57 Å². The molecule has 0 aliphatic rings. The van der Waals surface area contributed by atoms with E-state index in [0.29, 0.717) is 17.7 Å². The van der Waals surface area contributed by atoms with Crippen molar-refractivity contribution in [1.29, 1.82) is 0 Å². The van der Waals surface area contributed by atoms with Crippen molar-refractivity contribution in [3.63, 3.8) is 0 Å². The Kier molecular flexibility index (Phi) is 8.61. The summed E-state index contributed by atoms with van der Waals surface area (Å²) in [6.07, 6.45) is 11.8. The Labute approximate surface area is 164 Å². The second-order valence-electron chi connectivity index (χ2n) is 6.98. The van der Waals surface area contributed by atoms with Crippen molar-refractivity contribution in [3.8, 4) is 0 Å². The van der Waals surface area contributed by atoms with Crippen LogP contribution < -0.4 is 11.2 Å². The number of isothiocyanates is 1. The molecule has 0 aliphatic heterocycles. The fourth-order valence-electron chi connectivity index (χ4n) is 3.34. The van der Waals surface area contributed by atoms with E-state index >= 15 is 0 Å². The van der Waals surface area contributed by atoms with E-state index in [4.69, 9.17) is 0 Å².